The molecule has 0 bridgehead atoms. The molecule has 1 aromatic carbocycles. The van der Waals surface area contributed by atoms with Crippen LogP contribution in [0.3, 0.4) is 0 Å². The molecule has 0 aliphatic carbocycles. The highest BCUT2D eigenvalue weighted by atomic mass is 32.2. The van der Waals surface area contributed by atoms with Crippen LogP contribution in [-0.2, 0) is 6.54 Å². The number of aromatic nitrogens is 2. The van der Waals surface area contributed by atoms with E-state index in [9.17, 15) is 0 Å². The molecule has 2 aromatic rings. The molecular weight excluding hydrogens is 218 g/mol. The summed E-state index contributed by atoms with van der Waals surface area (Å²) in [5.74, 6) is 0. The summed E-state index contributed by atoms with van der Waals surface area (Å²) in [5.41, 5.74) is 7.70. The van der Waals surface area contributed by atoms with Crippen LogP contribution in [0, 0.1) is 6.92 Å². The van der Waals surface area contributed by atoms with E-state index in [1.165, 1.54) is 0 Å². The maximum atomic E-state index is 5.60. The van der Waals surface area contributed by atoms with Gasteiger partial charge in [0.1, 0.15) is 0 Å². The molecule has 16 heavy (non-hydrogen) atoms. The second kappa shape index (κ2) is 5.09. The number of aryl methyl sites for hydroxylation is 1. The highest BCUT2D eigenvalue weighted by Crippen LogP contribution is 2.24. The Labute approximate surface area is 99.1 Å². The van der Waals surface area contributed by atoms with Gasteiger partial charge in [-0.1, -0.05) is 12.1 Å². The van der Waals surface area contributed by atoms with Crippen LogP contribution in [0.4, 0.5) is 0 Å². The van der Waals surface area contributed by atoms with E-state index in [0.717, 1.165) is 21.3 Å². The fourth-order valence-corrected chi connectivity index (χ4v) is 2.19. The molecule has 0 aliphatic heterocycles. The molecule has 4 heteroatoms. The minimum absolute atomic E-state index is 0.559. The lowest BCUT2D eigenvalue weighted by Crippen LogP contribution is -1.95. The van der Waals surface area contributed by atoms with E-state index < -0.39 is 0 Å². The summed E-state index contributed by atoms with van der Waals surface area (Å²) in [6.07, 6.45) is 1.78. The molecule has 0 aliphatic rings. The molecule has 2 N–H and O–H groups in total. The van der Waals surface area contributed by atoms with Gasteiger partial charge >= 0.3 is 0 Å². The van der Waals surface area contributed by atoms with Gasteiger partial charge in [0.2, 0.25) is 0 Å². The number of hydrogen-bond acceptors (Lipinski definition) is 4. The first-order valence-electron chi connectivity index (χ1n) is 5.04. The zero-order valence-electron chi connectivity index (χ0n) is 9.05. The van der Waals surface area contributed by atoms with Gasteiger partial charge in [-0.2, -0.15) is 0 Å². The van der Waals surface area contributed by atoms with E-state index in [0.29, 0.717) is 6.54 Å². The first kappa shape index (κ1) is 11.1. The van der Waals surface area contributed by atoms with Gasteiger partial charge in [-0.05, 0) is 42.4 Å². The van der Waals surface area contributed by atoms with Crippen molar-refractivity contribution in [3.63, 3.8) is 0 Å². The largest absolute Gasteiger partial charge is 0.326 e. The maximum Gasteiger partial charge on any atom is 0.192 e. The number of nitrogens with two attached hydrogens (primary N) is 1. The van der Waals surface area contributed by atoms with Crippen LogP contribution < -0.4 is 5.73 Å². The summed E-state index contributed by atoms with van der Waals surface area (Å²) in [6.45, 7) is 2.52. The van der Waals surface area contributed by atoms with E-state index >= 15 is 0 Å². The second-order valence-electron chi connectivity index (χ2n) is 3.43. The van der Waals surface area contributed by atoms with Crippen LogP contribution in [0.25, 0.3) is 0 Å². The molecule has 3 nitrogen and oxygen atoms in total. The molecule has 0 unspecified atom stereocenters. The molecule has 0 spiro atoms. The third kappa shape index (κ3) is 2.81. The Hall–Kier alpha value is -1.39. The van der Waals surface area contributed by atoms with E-state index in [4.69, 9.17) is 5.73 Å². The van der Waals surface area contributed by atoms with Crippen LogP contribution in [0.5, 0.6) is 0 Å². The number of hydrogen-bond donors (Lipinski definition) is 1. The van der Waals surface area contributed by atoms with Crippen molar-refractivity contribution >= 4 is 11.8 Å². The van der Waals surface area contributed by atoms with Gasteiger partial charge in [-0.25, -0.2) is 9.97 Å². The molecule has 82 valence electrons. The Bertz CT molecular complexity index is 485. The van der Waals surface area contributed by atoms with E-state index in [1.807, 2.05) is 31.2 Å². The van der Waals surface area contributed by atoms with Crippen LogP contribution in [0.2, 0.25) is 0 Å². The van der Waals surface area contributed by atoms with E-state index in [-0.39, 0.29) is 0 Å². The average Bonchev–Trinajstić information content (AvgIpc) is 2.29. The van der Waals surface area contributed by atoms with Gasteiger partial charge < -0.3 is 5.73 Å². The van der Waals surface area contributed by atoms with Gasteiger partial charge in [0, 0.05) is 23.3 Å². The highest BCUT2D eigenvalue weighted by molar-refractivity contribution is 7.99. The molecule has 0 fully saturated rings. The summed E-state index contributed by atoms with van der Waals surface area (Å²) in [5, 5.41) is 0.772. The zero-order chi connectivity index (χ0) is 11.4. The van der Waals surface area contributed by atoms with Crippen molar-refractivity contribution < 1.29 is 0 Å². The monoisotopic (exact) mass is 231 g/mol. The topological polar surface area (TPSA) is 51.8 Å². The Morgan fingerprint density at radius 2 is 2.19 bits per heavy atom. The molecule has 0 atom stereocenters. The molecule has 0 amide bonds. The summed E-state index contributed by atoms with van der Waals surface area (Å²) in [4.78, 5) is 9.67. The van der Waals surface area contributed by atoms with Gasteiger partial charge in [0.25, 0.3) is 0 Å². The molecule has 0 radical (unpaired) electrons. The molecule has 1 heterocycles. The average molecular weight is 231 g/mol. The third-order valence-corrected chi connectivity index (χ3v) is 2.98. The van der Waals surface area contributed by atoms with Gasteiger partial charge in [0.05, 0.1) is 0 Å². The lowest BCUT2D eigenvalue weighted by Gasteiger charge is -2.02. The van der Waals surface area contributed by atoms with Crippen LogP contribution >= 0.6 is 11.8 Å². The predicted molar refractivity (Wildman–Crippen MR) is 65.2 cm³/mol. The standard InChI is InChI=1S/C12H13N3S/c1-9-5-6-14-12(15-9)16-11-4-2-3-10(7-11)8-13/h2-7H,8,13H2,1H3. The fraction of sp³-hybridized carbons (Fsp3) is 0.167. The van der Waals surface area contributed by atoms with Gasteiger partial charge in [-0.3, -0.25) is 0 Å². The first-order chi connectivity index (χ1) is 7.78. The van der Waals surface area contributed by atoms with Crippen LogP contribution in [0.15, 0.2) is 46.6 Å². The minimum atomic E-state index is 0.559. The summed E-state index contributed by atoms with van der Waals surface area (Å²) < 4.78 is 0. The molecule has 2 rings (SSSR count). The molecular formula is C12H13N3S. The maximum absolute atomic E-state index is 5.60. The Morgan fingerprint density at radius 3 is 2.94 bits per heavy atom. The lowest BCUT2D eigenvalue weighted by molar-refractivity contribution is 0.931. The van der Waals surface area contributed by atoms with E-state index in [2.05, 4.69) is 16.0 Å². The summed E-state index contributed by atoms with van der Waals surface area (Å²) in [7, 11) is 0. The first-order valence-corrected chi connectivity index (χ1v) is 5.86. The normalized spacial score (nSPS) is 10.4. The third-order valence-electron chi connectivity index (χ3n) is 2.12. The van der Waals surface area contributed by atoms with Gasteiger partial charge in [-0.15, -0.1) is 0 Å². The van der Waals surface area contributed by atoms with Crippen LogP contribution in [0.1, 0.15) is 11.3 Å². The number of nitrogens with zero attached hydrogens (tertiary/aromatic N) is 2. The van der Waals surface area contributed by atoms with Crippen molar-refractivity contribution in [2.75, 3.05) is 0 Å². The number of rotatable bonds is 3. The predicted octanol–water partition coefficient (Wildman–Crippen LogP) is 2.39. The van der Waals surface area contributed by atoms with Gasteiger partial charge in [0.15, 0.2) is 5.16 Å². The Morgan fingerprint density at radius 1 is 1.31 bits per heavy atom. The van der Waals surface area contributed by atoms with Crippen molar-refractivity contribution in [1.29, 1.82) is 0 Å². The van der Waals surface area contributed by atoms with E-state index in [1.54, 1.807) is 18.0 Å². The summed E-state index contributed by atoms with van der Waals surface area (Å²) >= 11 is 1.55. The minimum Gasteiger partial charge on any atom is -0.326 e. The quantitative estimate of drug-likeness (QED) is 0.824. The van der Waals surface area contributed by atoms with Crippen molar-refractivity contribution in [3.05, 3.63) is 47.8 Å². The Balaban J connectivity index is 2.20. The number of benzene rings is 1. The molecule has 1 aromatic heterocycles. The fourth-order valence-electron chi connectivity index (χ4n) is 1.32. The van der Waals surface area contributed by atoms with Crippen molar-refractivity contribution in [1.82, 2.24) is 9.97 Å². The van der Waals surface area contributed by atoms with Crippen molar-refractivity contribution in [3.8, 4) is 0 Å². The SMILES string of the molecule is Cc1ccnc(Sc2cccc(CN)c2)n1. The van der Waals surface area contributed by atoms with Crippen molar-refractivity contribution in [2.24, 2.45) is 5.73 Å². The highest BCUT2D eigenvalue weighted by Gasteiger charge is 2.01. The Kier molecular flexibility index (Phi) is 3.54. The zero-order valence-corrected chi connectivity index (χ0v) is 9.87. The molecule has 0 saturated heterocycles. The second-order valence-corrected chi connectivity index (χ2v) is 4.47. The van der Waals surface area contributed by atoms with Crippen LogP contribution in [-0.4, -0.2) is 9.97 Å². The summed E-state index contributed by atoms with van der Waals surface area (Å²) in [6, 6.07) is 10.0. The lowest BCUT2D eigenvalue weighted by atomic mass is 10.2. The van der Waals surface area contributed by atoms with Crippen molar-refractivity contribution in [2.45, 2.75) is 23.5 Å². The molecule has 0 saturated carbocycles. The smallest absolute Gasteiger partial charge is 0.192 e.